The highest BCUT2D eigenvalue weighted by Crippen LogP contribution is 2.21. The number of rotatable bonds is 6. The van der Waals surface area contributed by atoms with E-state index in [1.807, 2.05) is 30.4 Å². The van der Waals surface area contributed by atoms with Crippen LogP contribution in [0.3, 0.4) is 0 Å². The standard InChI is InChI=1S/C23H23N7O2S/c31-33(32,30-12-10-24-11-13-30)20-8-6-19(7-9-20)28-23-25-14-17(15-26-23)4-5-18-2-1-3-22-21(18)16-27-29-22/h1-9,14-16,24H,10-13H2,(H,27,29)(H,25,26,28)/b5-4+. The SMILES string of the molecule is O=S(=O)(c1ccc(Nc2ncc(/C=C/c3cccc4[nH]ncc34)cn2)cc1)N1CCNCC1. The van der Waals surface area contributed by atoms with Gasteiger partial charge in [0.25, 0.3) is 0 Å². The van der Waals surface area contributed by atoms with Gasteiger partial charge in [-0.1, -0.05) is 24.3 Å². The maximum Gasteiger partial charge on any atom is 0.243 e. The highest BCUT2D eigenvalue weighted by atomic mass is 32.2. The van der Waals surface area contributed by atoms with Crippen LogP contribution in [-0.2, 0) is 10.0 Å². The fraction of sp³-hybridized carbons (Fsp3) is 0.174. The molecule has 4 aromatic rings. The van der Waals surface area contributed by atoms with E-state index in [2.05, 4.69) is 30.8 Å². The smallest absolute Gasteiger partial charge is 0.243 e. The Morgan fingerprint density at radius 2 is 1.70 bits per heavy atom. The molecular formula is C23H23N7O2S. The molecule has 0 atom stereocenters. The Hall–Kier alpha value is -3.60. The monoisotopic (exact) mass is 461 g/mol. The van der Waals surface area contributed by atoms with Crippen molar-refractivity contribution in [2.45, 2.75) is 4.90 Å². The van der Waals surface area contributed by atoms with E-state index < -0.39 is 10.0 Å². The molecular weight excluding hydrogens is 438 g/mol. The van der Waals surface area contributed by atoms with E-state index in [-0.39, 0.29) is 4.90 Å². The lowest BCUT2D eigenvalue weighted by Gasteiger charge is -2.26. The van der Waals surface area contributed by atoms with Crippen molar-refractivity contribution in [2.75, 3.05) is 31.5 Å². The lowest BCUT2D eigenvalue weighted by Crippen LogP contribution is -2.46. The van der Waals surface area contributed by atoms with Crippen molar-refractivity contribution in [1.82, 2.24) is 29.8 Å². The summed E-state index contributed by atoms with van der Waals surface area (Å²) < 4.78 is 27.0. The zero-order chi connectivity index (χ0) is 22.7. The van der Waals surface area contributed by atoms with Crippen molar-refractivity contribution in [2.24, 2.45) is 0 Å². The zero-order valence-corrected chi connectivity index (χ0v) is 18.6. The number of H-pyrrole nitrogens is 1. The molecule has 1 fully saturated rings. The molecule has 0 amide bonds. The van der Waals surface area contributed by atoms with Gasteiger partial charge in [0, 0.05) is 55.2 Å². The molecule has 0 aliphatic carbocycles. The number of nitrogens with one attached hydrogen (secondary N) is 3. The lowest BCUT2D eigenvalue weighted by molar-refractivity contribution is 0.360. The molecule has 0 spiro atoms. The van der Waals surface area contributed by atoms with Gasteiger partial charge in [-0.2, -0.15) is 9.40 Å². The minimum Gasteiger partial charge on any atom is -0.324 e. The van der Waals surface area contributed by atoms with Gasteiger partial charge in [0.05, 0.1) is 16.6 Å². The molecule has 1 aliphatic rings. The third-order valence-electron chi connectivity index (χ3n) is 5.47. The predicted molar refractivity (Wildman–Crippen MR) is 128 cm³/mol. The first-order valence-electron chi connectivity index (χ1n) is 10.6. The Kier molecular flexibility index (Phi) is 5.86. The number of fused-ring (bicyclic) bond motifs is 1. The van der Waals surface area contributed by atoms with Gasteiger partial charge in [-0.25, -0.2) is 18.4 Å². The van der Waals surface area contributed by atoms with Gasteiger partial charge in [0.1, 0.15) is 0 Å². The summed E-state index contributed by atoms with van der Waals surface area (Å²) in [6.45, 7) is 2.29. The molecule has 0 bridgehead atoms. The number of benzene rings is 2. The second-order valence-electron chi connectivity index (χ2n) is 7.66. The van der Waals surface area contributed by atoms with Crippen LogP contribution in [0.5, 0.6) is 0 Å². The van der Waals surface area contributed by atoms with Gasteiger partial charge < -0.3 is 10.6 Å². The van der Waals surface area contributed by atoms with Crippen molar-refractivity contribution in [3.8, 4) is 0 Å². The van der Waals surface area contributed by atoms with Crippen LogP contribution in [0.2, 0.25) is 0 Å². The van der Waals surface area contributed by atoms with Crippen LogP contribution < -0.4 is 10.6 Å². The normalized spacial score (nSPS) is 15.3. The molecule has 2 aromatic carbocycles. The number of aromatic amines is 1. The quantitative estimate of drug-likeness (QED) is 0.404. The molecule has 3 N–H and O–H groups in total. The molecule has 33 heavy (non-hydrogen) atoms. The van der Waals surface area contributed by atoms with Crippen molar-refractivity contribution < 1.29 is 8.42 Å². The maximum atomic E-state index is 12.8. The number of hydrogen-bond acceptors (Lipinski definition) is 7. The fourth-order valence-corrected chi connectivity index (χ4v) is 5.13. The molecule has 5 rings (SSSR count). The zero-order valence-electron chi connectivity index (χ0n) is 17.8. The molecule has 0 radical (unpaired) electrons. The molecule has 0 saturated carbocycles. The van der Waals surface area contributed by atoms with Crippen molar-refractivity contribution >= 4 is 44.7 Å². The van der Waals surface area contributed by atoms with Gasteiger partial charge in [0.2, 0.25) is 16.0 Å². The number of aromatic nitrogens is 4. The Balaban J connectivity index is 1.25. The first-order chi connectivity index (χ1) is 16.1. The lowest BCUT2D eigenvalue weighted by atomic mass is 10.1. The highest BCUT2D eigenvalue weighted by Gasteiger charge is 2.25. The van der Waals surface area contributed by atoms with E-state index in [4.69, 9.17) is 0 Å². The third kappa shape index (κ3) is 4.63. The molecule has 1 aliphatic heterocycles. The minimum absolute atomic E-state index is 0.281. The summed E-state index contributed by atoms with van der Waals surface area (Å²) in [5.41, 5.74) is 3.61. The summed E-state index contributed by atoms with van der Waals surface area (Å²) in [6, 6.07) is 12.6. The van der Waals surface area contributed by atoms with Crippen molar-refractivity contribution in [3.05, 3.63) is 72.2 Å². The summed E-state index contributed by atoms with van der Waals surface area (Å²) >= 11 is 0. The van der Waals surface area contributed by atoms with Crippen molar-refractivity contribution in [3.63, 3.8) is 0 Å². The predicted octanol–water partition coefficient (Wildman–Crippen LogP) is 2.86. The van der Waals surface area contributed by atoms with E-state index >= 15 is 0 Å². The van der Waals surface area contributed by atoms with Gasteiger partial charge in [0.15, 0.2) is 0 Å². The molecule has 0 unspecified atom stereocenters. The number of nitrogens with zero attached hydrogens (tertiary/aromatic N) is 4. The summed E-state index contributed by atoms with van der Waals surface area (Å²) in [5.74, 6) is 0.432. The first-order valence-corrected chi connectivity index (χ1v) is 12.0. The average molecular weight is 462 g/mol. The third-order valence-corrected chi connectivity index (χ3v) is 7.38. The van der Waals surface area contributed by atoms with E-state index in [0.29, 0.717) is 37.8 Å². The van der Waals surface area contributed by atoms with Crippen LogP contribution in [0.4, 0.5) is 11.6 Å². The van der Waals surface area contributed by atoms with E-state index in [1.165, 1.54) is 4.31 Å². The summed E-state index contributed by atoms with van der Waals surface area (Å²) in [4.78, 5) is 9.00. The molecule has 9 nitrogen and oxygen atoms in total. The van der Waals surface area contributed by atoms with Crippen molar-refractivity contribution in [1.29, 1.82) is 0 Å². The van der Waals surface area contributed by atoms with Crippen LogP contribution in [-0.4, -0.2) is 59.1 Å². The van der Waals surface area contributed by atoms with Crippen LogP contribution in [0.1, 0.15) is 11.1 Å². The molecule has 168 valence electrons. The van der Waals surface area contributed by atoms with Gasteiger partial charge in [-0.15, -0.1) is 0 Å². The Labute approximate surface area is 191 Å². The second kappa shape index (κ2) is 9.10. The maximum absolute atomic E-state index is 12.8. The van der Waals surface area contributed by atoms with E-state index in [1.54, 1.807) is 42.9 Å². The number of hydrogen-bond donors (Lipinski definition) is 3. The fourth-order valence-electron chi connectivity index (χ4n) is 3.68. The summed E-state index contributed by atoms with van der Waals surface area (Å²) in [5, 5.41) is 14.4. The first kappa shape index (κ1) is 21.3. The Morgan fingerprint density at radius 1 is 0.939 bits per heavy atom. The number of sulfonamides is 1. The summed E-state index contributed by atoms with van der Waals surface area (Å²) in [6.07, 6.45) is 9.20. The molecule has 10 heteroatoms. The number of anilines is 2. The second-order valence-corrected chi connectivity index (χ2v) is 9.59. The largest absolute Gasteiger partial charge is 0.324 e. The van der Waals surface area contributed by atoms with Crippen LogP contribution >= 0.6 is 0 Å². The molecule has 1 saturated heterocycles. The number of piperazine rings is 1. The van der Waals surface area contributed by atoms with Gasteiger partial charge in [-0.3, -0.25) is 5.10 Å². The molecule has 2 aromatic heterocycles. The Morgan fingerprint density at radius 3 is 2.45 bits per heavy atom. The average Bonchev–Trinajstić information content (AvgIpc) is 3.34. The highest BCUT2D eigenvalue weighted by molar-refractivity contribution is 7.89. The van der Waals surface area contributed by atoms with Crippen LogP contribution in [0.15, 0.2) is 66.0 Å². The van der Waals surface area contributed by atoms with Crippen LogP contribution in [0.25, 0.3) is 23.1 Å². The van der Waals surface area contributed by atoms with Gasteiger partial charge in [-0.05, 0) is 35.9 Å². The topological polar surface area (TPSA) is 116 Å². The summed E-state index contributed by atoms with van der Waals surface area (Å²) in [7, 11) is -3.48. The Bertz CT molecular complexity index is 1370. The van der Waals surface area contributed by atoms with E-state index in [0.717, 1.165) is 22.0 Å². The molecule has 3 heterocycles. The van der Waals surface area contributed by atoms with Crippen LogP contribution in [0, 0.1) is 0 Å². The van der Waals surface area contributed by atoms with Gasteiger partial charge >= 0.3 is 0 Å². The van der Waals surface area contributed by atoms with E-state index in [9.17, 15) is 8.42 Å². The minimum atomic E-state index is -3.48.